The number of nitrogens with one attached hydrogen (secondary N) is 1. The van der Waals surface area contributed by atoms with E-state index >= 15 is 0 Å². The van der Waals surface area contributed by atoms with Gasteiger partial charge in [-0.15, -0.1) is 23.1 Å². The highest BCUT2D eigenvalue weighted by atomic mass is 35.5. The van der Waals surface area contributed by atoms with Crippen LogP contribution in [0.2, 0.25) is 5.02 Å². The molecule has 122 valence electrons. The van der Waals surface area contributed by atoms with Gasteiger partial charge in [-0.3, -0.25) is 4.79 Å². The summed E-state index contributed by atoms with van der Waals surface area (Å²) in [5.41, 5.74) is 2.01. The zero-order valence-electron chi connectivity index (χ0n) is 12.6. The monoisotopic (exact) mass is 375 g/mol. The lowest BCUT2D eigenvalue weighted by molar-refractivity contribution is -0.113. The number of carbonyl (C=O) groups excluding carboxylic acids is 1. The third-order valence-electron chi connectivity index (χ3n) is 3.86. The number of rotatable bonds is 3. The number of halogens is 1. The van der Waals surface area contributed by atoms with Crippen molar-refractivity contribution in [3.8, 4) is 0 Å². The Morgan fingerprint density at radius 3 is 2.92 bits per heavy atom. The van der Waals surface area contributed by atoms with Gasteiger partial charge in [0.25, 0.3) is 0 Å². The Labute approximate surface area is 152 Å². The van der Waals surface area contributed by atoms with Crippen LogP contribution in [0.1, 0.15) is 21.3 Å². The fourth-order valence-electron chi connectivity index (χ4n) is 2.76. The van der Waals surface area contributed by atoms with Gasteiger partial charge in [-0.25, -0.2) is 4.68 Å². The molecule has 7 heteroatoms. The Bertz CT molecular complexity index is 876. The third kappa shape index (κ3) is 2.97. The zero-order chi connectivity index (χ0) is 16.5. The van der Waals surface area contributed by atoms with Gasteiger partial charge >= 0.3 is 0 Å². The largest absolute Gasteiger partial charge is 0.310 e. The number of anilines is 1. The third-order valence-corrected chi connectivity index (χ3v) is 6.34. The molecule has 1 amide bonds. The van der Waals surface area contributed by atoms with Crippen LogP contribution in [0.25, 0.3) is 0 Å². The first-order chi connectivity index (χ1) is 11.7. The van der Waals surface area contributed by atoms with Gasteiger partial charge in [-0.1, -0.05) is 35.9 Å². The second-order valence-corrected chi connectivity index (χ2v) is 7.98. The number of hydrogen-bond acceptors (Lipinski definition) is 4. The number of benzene rings is 1. The topological polar surface area (TPSA) is 46.9 Å². The maximum Gasteiger partial charge on any atom is 0.235 e. The fraction of sp³-hybridized carbons (Fsp3) is 0.176. The number of carbonyl (C=O) groups is 1. The molecular weight excluding hydrogens is 362 g/mol. The quantitative estimate of drug-likeness (QED) is 0.737. The maximum absolute atomic E-state index is 12.2. The Kier molecular flexibility index (Phi) is 4.35. The average Bonchev–Trinajstić information content (AvgIpc) is 3.18. The SMILES string of the molecule is O=C1CSC(c2ccccc2Cl)c2cnn(Cc3cccs3)c2N1. The number of thiophene rings is 1. The molecule has 1 aromatic carbocycles. The Balaban J connectivity index is 1.77. The Morgan fingerprint density at radius 2 is 2.12 bits per heavy atom. The molecule has 0 aliphatic carbocycles. The van der Waals surface area contributed by atoms with Crippen molar-refractivity contribution in [1.82, 2.24) is 9.78 Å². The van der Waals surface area contributed by atoms with Gasteiger partial charge in [0.15, 0.2) is 0 Å². The van der Waals surface area contributed by atoms with E-state index in [0.717, 1.165) is 16.9 Å². The smallest absolute Gasteiger partial charge is 0.235 e. The maximum atomic E-state index is 12.2. The van der Waals surface area contributed by atoms with Crippen molar-refractivity contribution in [2.24, 2.45) is 0 Å². The first kappa shape index (κ1) is 15.7. The van der Waals surface area contributed by atoms with Crippen LogP contribution in [0, 0.1) is 0 Å². The second kappa shape index (κ2) is 6.63. The summed E-state index contributed by atoms with van der Waals surface area (Å²) in [7, 11) is 0. The van der Waals surface area contributed by atoms with Crippen molar-refractivity contribution < 1.29 is 4.79 Å². The van der Waals surface area contributed by atoms with Gasteiger partial charge in [-0.2, -0.15) is 5.10 Å². The minimum atomic E-state index is -0.0104. The first-order valence-corrected chi connectivity index (χ1v) is 9.77. The van der Waals surface area contributed by atoms with E-state index < -0.39 is 0 Å². The second-order valence-electron chi connectivity index (χ2n) is 5.45. The molecule has 3 heterocycles. The van der Waals surface area contributed by atoms with Crippen molar-refractivity contribution >= 4 is 46.4 Å². The lowest BCUT2D eigenvalue weighted by Crippen LogP contribution is -2.16. The van der Waals surface area contributed by atoms with E-state index in [9.17, 15) is 4.79 Å². The lowest BCUT2D eigenvalue weighted by Gasteiger charge is -2.15. The van der Waals surface area contributed by atoms with E-state index in [0.29, 0.717) is 17.3 Å². The molecule has 1 aliphatic rings. The highest BCUT2D eigenvalue weighted by molar-refractivity contribution is 8.00. The predicted molar refractivity (Wildman–Crippen MR) is 100 cm³/mol. The molecule has 0 spiro atoms. The summed E-state index contributed by atoms with van der Waals surface area (Å²) >= 11 is 9.65. The molecule has 0 radical (unpaired) electrons. The van der Waals surface area contributed by atoms with E-state index in [4.69, 9.17) is 11.6 Å². The van der Waals surface area contributed by atoms with E-state index in [1.165, 1.54) is 4.88 Å². The van der Waals surface area contributed by atoms with Gasteiger partial charge < -0.3 is 5.32 Å². The van der Waals surface area contributed by atoms with E-state index in [-0.39, 0.29) is 11.2 Å². The van der Waals surface area contributed by atoms with Crippen LogP contribution in [0.3, 0.4) is 0 Å². The Hall–Kier alpha value is -1.76. The average molecular weight is 376 g/mol. The molecule has 1 N–H and O–H groups in total. The summed E-state index contributed by atoms with van der Waals surface area (Å²) in [6.45, 7) is 0.646. The van der Waals surface area contributed by atoms with Crippen LogP contribution in [0.5, 0.6) is 0 Å². The molecule has 0 fully saturated rings. The van der Waals surface area contributed by atoms with E-state index in [1.54, 1.807) is 23.1 Å². The van der Waals surface area contributed by atoms with E-state index in [1.807, 2.05) is 46.6 Å². The van der Waals surface area contributed by atoms with Crippen molar-refractivity contribution in [2.75, 3.05) is 11.1 Å². The van der Waals surface area contributed by atoms with Gasteiger partial charge in [0.2, 0.25) is 5.91 Å². The molecule has 1 aliphatic heterocycles. The number of hydrogen-bond donors (Lipinski definition) is 1. The molecule has 0 bridgehead atoms. The first-order valence-electron chi connectivity index (χ1n) is 7.46. The van der Waals surface area contributed by atoms with Crippen molar-refractivity contribution in [3.05, 3.63) is 69.0 Å². The van der Waals surface area contributed by atoms with Gasteiger partial charge in [-0.05, 0) is 23.1 Å². The minimum absolute atomic E-state index is 0.00950. The van der Waals surface area contributed by atoms with Crippen LogP contribution < -0.4 is 5.32 Å². The summed E-state index contributed by atoms with van der Waals surface area (Å²) in [5.74, 6) is 1.15. The van der Waals surface area contributed by atoms with Gasteiger partial charge in [0.1, 0.15) is 5.82 Å². The van der Waals surface area contributed by atoms with Crippen molar-refractivity contribution in [2.45, 2.75) is 11.8 Å². The predicted octanol–water partition coefficient (Wildman–Crippen LogP) is 4.42. The molecular formula is C17H14ClN3OS2. The molecule has 1 unspecified atom stereocenters. The molecule has 3 aromatic rings. The van der Waals surface area contributed by atoms with Crippen LogP contribution in [-0.4, -0.2) is 21.4 Å². The summed E-state index contributed by atoms with van der Waals surface area (Å²) in [6.07, 6.45) is 1.84. The van der Waals surface area contributed by atoms with Crippen molar-refractivity contribution in [3.63, 3.8) is 0 Å². The lowest BCUT2D eigenvalue weighted by atomic mass is 10.1. The molecule has 4 nitrogen and oxygen atoms in total. The molecule has 0 saturated heterocycles. The summed E-state index contributed by atoms with van der Waals surface area (Å²) in [4.78, 5) is 13.4. The Morgan fingerprint density at radius 1 is 1.25 bits per heavy atom. The summed E-state index contributed by atoms with van der Waals surface area (Å²) < 4.78 is 1.86. The normalized spacial score (nSPS) is 17.2. The number of fused-ring (bicyclic) bond motifs is 1. The molecule has 24 heavy (non-hydrogen) atoms. The highest BCUT2D eigenvalue weighted by Gasteiger charge is 2.28. The summed E-state index contributed by atoms with van der Waals surface area (Å²) in [6, 6.07) is 11.9. The highest BCUT2D eigenvalue weighted by Crippen LogP contribution is 2.43. The number of aromatic nitrogens is 2. The molecule has 0 saturated carbocycles. The number of nitrogens with zero attached hydrogens (tertiary/aromatic N) is 2. The molecule has 4 rings (SSSR count). The zero-order valence-corrected chi connectivity index (χ0v) is 15.0. The van der Waals surface area contributed by atoms with Gasteiger partial charge in [0.05, 0.1) is 23.7 Å². The van der Waals surface area contributed by atoms with E-state index in [2.05, 4.69) is 16.5 Å². The van der Waals surface area contributed by atoms with Crippen molar-refractivity contribution in [1.29, 1.82) is 0 Å². The van der Waals surface area contributed by atoms with Crippen LogP contribution >= 0.6 is 34.7 Å². The van der Waals surface area contributed by atoms with Crippen LogP contribution in [0.15, 0.2) is 48.0 Å². The van der Waals surface area contributed by atoms with Crippen LogP contribution in [0.4, 0.5) is 5.82 Å². The number of amides is 1. The van der Waals surface area contributed by atoms with Gasteiger partial charge in [0, 0.05) is 15.5 Å². The fourth-order valence-corrected chi connectivity index (χ4v) is 4.88. The minimum Gasteiger partial charge on any atom is -0.310 e. The number of thioether (sulfide) groups is 1. The molecule has 2 aromatic heterocycles. The van der Waals surface area contributed by atoms with Crippen LogP contribution in [-0.2, 0) is 11.3 Å². The standard InChI is InChI=1S/C17H14ClN3OS2/c18-14-6-2-1-5-12(14)16-13-8-19-21(9-11-4-3-7-23-11)17(13)20-15(22)10-24-16/h1-8,16H,9-10H2,(H,20,22). The molecule has 1 atom stereocenters. The summed E-state index contributed by atoms with van der Waals surface area (Å²) in [5, 5.41) is 10.3.